The number of imidazole rings is 1. The summed E-state index contributed by atoms with van der Waals surface area (Å²) < 4.78 is 28.1. The van der Waals surface area contributed by atoms with E-state index in [0.29, 0.717) is 17.4 Å². The van der Waals surface area contributed by atoms with Crippen molar-refractivity contribution < 1.29 is 13.2 Å². The molecule has 4 N–H and O–H groups in total. The molecular weight excluding hydrogens is 314 g/mol. The largest absolute Gasteiger partial charge is 0.381 e. The lowest BCUT2D eigenvalue weighted by Crippen LogP contribution is -2.38. The van der Waals surface area contributed by atoms with Crippen LogP contribution in [0.1, 0.15) is 13.8 Å². The first-order valence-corrected chi connectivity index (χ1v) is 8.65. The van der Waals surface area contributed by atoms with Crippen molar-refractivity contribution in [2.75, 3.05) is 18.8 Å². The number of hydrogen-bond donors (Lipinski definition) is 3. The number of nitrogens with zero attached hydrogens (tertiary/aromatic N) is 2. The molecule has 2 aromatic heterocycles. The lowest BCUT2D eigenvalue weighted by atomic mass is 10.2. The summed E-state index contributed by atoms with van der Waals surface area (Å²) in [5, 5.41) is 4.19. The fourth-order valence-electron chi connectivity index (χ4n) is 1.66. The standard InChI is InChI=1S/C11H17N5O3S2/c1-7(2)5-13-8(17)6-14-21(18,19)10-9(12)15-11-16(10)3-4-20-11/h3-4,7,14H,5-6,12H2,1-2H3,(H,13,17). The van der Waals surface area contributed by atoms with Crippen molar-refractivity contribution in [2.45, 2.75) is 18.9 Å². The maximum atomic E-state index is 12.2. The number of amides is 1. The van der Waals surface area contributed by atoms with Gasteiger partial charge in [-0.25, -0.2) is 18.1 Å². The molecule has 1 amide bonds. The molecule has 0 fully saturated rings. The number of thiazole rings is 1. The molecule has 0 aliphatic heterocycles. The van der Waals surface area contributed by atoms with Crippen LogP contribution < -0.4 is 15.8 Å². The summed E-state index contributed by atoms with van der Waals surface area (Å²) in [5.41, 5.74) is 5.64. The normalized spacial score (nSPS) is 12.1. The number of nitrogens with one attached hydrogen (secondary N) is 2. The summed E-state index contributed by atoms with van der Waals surface area (Å²) in [5.74, 6) is -0.185. The van der Waals surface area contributed by atoms with Gasteiger partial charge in [-0.3, -0.25) is 9.20 Å². The summed E-state index contributed by atoms with van der Waals surface area (Å²) in [6.45, 7) is 4.05. The first kappa shape index (κ1) is 15.7. The number of rotatable bonds is 6. The maximum Gasteiger partial charge on any atom is 0.260 e. The SMILES string of the molecule is CC(C)CNC(=O)CNS(=O)(=O)c1c(N)nc2sccn12. The van der Waals surface area contributed by atoms with Gasteiger partial charge in [0.2, 0.25) is 5.91 Å². The van der Waals surface area contributed by atoms with Gasteiger partial charge < -0.3 is 11.1 Å². The van der Waals surface area contributed by atoms with Gasteiger partial charge in [0, 0.05) is 18.1 Å². The van der Waals surface area contributed by atoms with E-state index in [-0.39, 0.29) is 17.4 Å². The number of nitrogens with two attached hydrogens (primary N) is 1. The summed E-state index contributed by atoms with van der Waals surface area (Å²) in [4.78, 5) is 16.0. The molecule has 0 saturated heterocycles. The van der Waals surface area contributed by atoms with Crippen LogP contribution in [0.5, 0.6) is 0 Å². The van der Waals surface area contributed by atoms with Crippen LogP contribution in [0.25, 0.3) is 4.96 Å². The third-order valence-corrected chi connectivity index (χ3v) is 4.82. The van der Waals surface area contributed by atoms with Gasteiger partial charge in [-0.1, -0.05) is 13.8 Å². The molecule has 2 heterocycles. The van der Waals surface area contributed by atoms with E-state index in [1.54, 1.807) is 11.6 Å². The number of aromatic nitrogens is 2. The molecule has 0 spiro atoms. The fraction of sp³-hybridized carbons (Fsp3) is 0.455. The second-order valence-electron chi connectivity index (χ2n) is 4.88. The van der Waals surface area contributed by atoms with Crippen LogP contribution in [-0.2, 0) is 14.8 Å². The number of anilines is 1. The van der Waals surface area contributed by atoms with Crippen molar-refractivity contribution in [3.05, 3.63) is 11.6 Å². The van der Waals surface area contributed by atoms with Gasteiger partial charge in [0.15, 0.2) is 15.8 Å². The Balaban J connectivity index is 2.10. The average Bonchev–Trinajstić information content (AvgIpc) is 2.93. The topological polar surface area (TPSA) is 119 Å². The molecular formula is C11H17N5O3S2. The van der Waals surface area contributed by atoms with Gasteiger partial charge in [0.1, 0.15) is 0 Å². The highest BCUT2D eigenvalue weighted by Crippen LogP contribution is 2.22. The summed E-state index contributed by atoms with van der Waals surface area (Å²) >= 11 is 1.27. The smallest absolute Gasteiger partial charge is 0.260 e. The van der Waals surface area contributed by atoms with E-state index >= 15 is 0 Å². The number of nitrogen functional groups attached to an aromatic ring is 1. The van der Waals surface area contributed by atoms with Crippen molar-refractivity contribution in [3.8, 4) is 0 Å². The second-order valence-corrected chi connectivity index (χ2v) is 7.44. The predicted molar refractivity (Wildman–Crippen MR) is 80.5 cm³/mol. The van der Waals surface area contributed by atoms with Gasteiger partial charge in [0.25, 0.3) is 10.0 Å². The maximum absolute atomic E-state index is 12.2. The Morgan fingerprint density at radius 2 is 2.24 bits per heavy atom. The monoisotopic (exact) mass is 331 g/mol. The van der Waals surface area contributed by atoms with Crippen molar-refractivity contribution in [3.63, 3.8) is 0 Å². The molecule has 116 valence electrons. The first-order chi connectivity index (χ1) is 9.81. The van der Waals surface area contributed by atoms with Gasteiger partial charge in [-0.15, -0.1) is 11.3 Å². The molecule has 0 unspecified atom stereocenters. The van der Waals surface area contributed by atoms with Crippen LogP contribution in [-0.4, -0.2) is 36.8 Å². The highest BCUT2D eigenvalue weighted by atomic mass is 32.2. The van der Waals surface area contributed by atoms with E-state index in [0.717, 1.165) is 0 Å². The molecule has 2 aromatic rings. The highest BCUT2D eigenvalue weighted by molar-refractivity contribution is 7.89. The van der Waals surface area contributed by atoms with E-state index in [1.165, 1.54) is 15.7 Å². The zero-order chi connectivity index (χ0) is 15.6. The molecule has 0 aliphatic carbocycles. The number of sulfonamides is 1. The van der Waals surface area contributed by atoms with Gasteiger partial charge in [0.05, 0.1) is 6.54 Å². The number of fused-ring (bicyclic) bond motifs is 1. The van der Waals surface area contributed by atoms with E-state index in [4.69, 9.17) is 5.73 Å². The third-order valence-electron chi connectivity index (χ3n) is 2.63. The molecule has 8 nitrogen and oxygen atoms in total. The third kappa shape index (κ3) is 3.52. The second kappa shape index (κ2) is 6.00. The Morgan fingerprint density at radius 1 is 1.52 bits per heavy atom. The zero-order valence-electron chi connectivity index (χ0n) is 11.7. The first-order valence-electron chi connectivity index (χ1n) is 6.28. The van der Waals surface area contributed by atoms with Gasteiger partial charge >= 0.3 is 0 Å². The minimum Gasteiger partial charge on any atom is -0.381 e. The van der Waals surface area contributed by atoms with Crippen LogP contribution in [0, 0.1) is 5.92 Å². The molecule has 2 rings (SSSR count). The molecule has 0 saturated carbocycles. The highest BCUT2D eigenvalue weighted by Gasteiger charge is 2.24. The van der Waals surface area contributed by atoms with Crippen LogP contribution in [0.4, 0.5) is 5.82 Å². The van der Waals surface area contributed by atoms with Gasteiger partial charge in [-0.05, 0) is 5.92 Å². The van der Waals surface area contributed by atoms with Crippen LogP contribution in [0.3, 0.4) is 0 Å². The van der Waals surface area contributed by atoms with E-state index in [9.17, 15) is 13.2 Å². The summed E-state index contributed by atoms with van der Waals surface area (Å²) in [7, 11) is -3.91. The molecule has 10 heteroatoms. The lowest BCUT2D eigenvalue weighted by molar-refractivity contribution is -0.120. The summed E-state index contributed by atoms with van der Waals surface area (Å²) in [6, 6.07) is 0. The Morgan fingerprint density at radius 3 is 2.90 bits per heavy atom. The van der Waals surface area contributed by atoms with E-state index in [2.05, 4.69) is 15.0 Å². The molecule has 0 bridgehead atoms. The number of hydrogen-bond acceptors (Lipinski definition) is 6. The number of carbonyl (C=O) groups excluding carboxylic acids is 1. The molecule has 0 radical (unpaired) electrons. The molecule has 0 atom stereocenters. The van der Waals surface area contributed by atoms with Crippen molar-refractivity contribution >= 4 is 38.0 Å². The van der Waals surface area contributed by atoms with Crippen LogP contribution >= 0.6 is 11.3 Å². The molecule has 0 aliphatic rings. The minimum absolute atomic E-state index is 0.0862. The average molecular weight is 331 g/mol. The van der Waals surface area contributed by atoms with E-state index in [1.807, 2.05) is 13.8 Å². The van der Waals surface area contributed by atoms with Crippen molar-refractivity contribution in [1.29, 1.82) is 0 Å². The lowest BCUT2D eigenvalue weighted by Gasteiger charge is -2.09. The number of carbonyl (C=O) groups is 1. The predicted octanol–water partition coefficient (Wildman–Crippen LogP) is 0.0285. The Hall–Kier alpha value is -1.65. The Labute approximate surface area is 126 Å². The fourth-order valence-corrected chi connectivity index (χ4v) is 3.62. The Kier molecular flexibility index (Phi) is 4.49. The van der Waals surface area contributed by atoms with E-state index < -0.39 is 15.9 Å². The minimum atomic E-state index is -3.91. The Bertz CT molecular complexity index is 747. The molecule has 0 aromatic carbocycles. The quantitative estimate of drug-likeness (QED) is 0.690. The van der Waals surface area contributed by atoms with Gasteiger partial charge in [-0.2, -0.15) is 0 Å². The van der Waals surface area contributed by atoms with Crippen molar-refractivity contribution in [2.24, 2.45) is 5.92 Å². The zero-order valence-corrected chi connectivity index (χ0v) is 13.3. The van der Waals surface area contributed by atoms with Crippen LogP contribution in [0.15, 0.2) is 16.6 Å². The van der Waals surface area contributed by atoms with Crippen molar-refractivity contribution in [1.82, 2.24) is 19.4 Å². The molecule has 21 heavy (non-hydrogen) atoms. The van der Waals surface area contributed by atoms with Crippen LogP contribution in [0.2, 0.25) is 0 Å². The summed E-state index contributed by atoms with van der Waals surface area (Å²) in [6.07, 6.45) is 1.57.